The molecule has 0 saturated carbocycles. The third kappa shape index (κ3) is 3.86. The number of ether oxygens (including phenoxy) is 2. The first-order chi connectivity index (χ1) is 15.5. The van der Waals surface area contributed by atoms with E-state index in [1.165, 1.54) is 30.4 Å². The molecule has 1 amide bonds. The van der Waals surface area contributed by atoms with Crippen molar-refractivity contribution >= 4 is 34.2 Å². The van der Waals surface area contributed by atoms with E-state index in [0.717, 1.165) is 0 Å². The molecule has 0 saturated heterocycles. The van der Waals surface area contributed by atoms with Crippen molar-refractivity contribution in [3.8, 4) is 11.8 Å². The van der Waals surface area contributed by atoms with Crippen LogP contribution in [0.2, 0.25) is 0 Å². The SMILES string of the molecule is COC(=O)c1cnn(C)c1N=Nc1cc2ccccc2c(C(N)=O)c1Oc1ncccn1. The van der Waals surface area contributed by atoms with Gasteiger partial charge >= 0.3 is 12.0 Å². The van der Waals surface area contributed by atoms with Crippen molar-refractivity contribution in [3.05, 3.63) is 66.1 Å². The lowest BCUT2D eigenvalue weighted by molar-refractivity contribution is 0.0601. The van der Waals surface area contributed by atoms with Crippen LogP contribution in [-0.2, 0) is 11.8 Å². The maximum absolute atomic E-state index is 12.4. The van der Waals surface area contributed by atoms with Crippen molar-refractivity contribution in [2.24, 2.45) is 23.0 Å². The van der Waals surface area contributed by atoms with Gasteiger partial charge in [0.1, 0.15) is 11.3 Å². The maximum Gasteiger partial charge on any atom is 0.343 e. The van der Waals surface area contributed by atoms with E-state index in [1.807, 2.05) is 6.07 Å². The predicted molar refractivity (Wildman–Crippen MR) is 113 cm³/mol. The molecular weight excluding hydrogens is 414 g/mol. The first kappa shape index (κ1) is 20.6. The van der Waals surface area contributed by atoms with Crippen LogP contribution >= 0.6 is 0 Å². The molecule has 0 aliphatic heterocycles. The van der Waals surface area contributed by atoms with Gasteiger partial charge in [0.05, 0.1) is 18.9 Å². The van der Waals surface area contributed by atoms with Crippen LogP contribution in [0.25, 0.3) is 10.8 Å². The summed E-state index contributed by atoms with van der Waals surface area (Å²) in [7, 11) is 2.86. The van der Waals surface area contributed by atoms with Crippen LogP contribution in [0.15, 0.2) is 65.2 Å². The number of benzene rings is 2. The number of azo groups is 1. The summed E-state index contributed by atoms with van der Waals surface area (Å²) in [5.74, 6) is -1.14. The fourth-order valence-corrected chi connectivity index (χ4v) is 3.07. The van der Waals surface area contributed by atoms with Crippen LogP contribution in [0.3, 0.4) is 0 Å². The van der Waals surface area contributed by atoms with Crippen molar-refractivity contribution in [3.63, 3.8) is 0 Å². The zero-order valence-corrected chi connectivity index (χ0v) is 17.1. The second-order valence-corrected chi connectivity index (χ2v) is 6.52. The van der Waals surface area contributed by atoms with Gasteiger partial charge in [0, 0.05) is 19.4 Å². The van der Waals surface area contributed by atoms with Gasteiger partial charge in [0.2, 0.25) is 0 Å². The van der Waals surface area contributed by atoms with Gasteiger partial charge in [0.25, 0.3) is 5.91 Å². The highest BCUT2D eigenvalue weighted by molar-refractivity contribution is 6.11. The molecule has 2 aromatic carbocycles. The van der Waals surface area contributed by atoms with E-state index < -0.39 is 11.9 Å². The summed E-state index contributed by atoms with van der Waals surface area (Å²) in [5.41, 5.74) is 6.10. The summed E-state index contributed by atoms with van der Waals surface area (Å²) in [6.45, 7) is 0. The Bertz CT molecular complexity index is 1350. The average Bonchev–Trinajstić information content (AvgIpc) is 3.17. The zero-order valence-electron chi connectivity index (χ0n) is 17.1. The minimum Gasteiger partial charge on any atom is -0.465 e. The summed E-state index contributed by atoms with van der Waals surface area (Å²) in [6.07, 6.45) is 4.31. The Balaban J connectivity index is 1.92. The van der Waals surface area contributed by atoms with Crippen LogP contribution in [-0.4, -0.2) is 38.7 Å². The van der Waals surface area contributed by atoms with Crippen molar-refractivity contribution in [1.82, 2.24) is 19.7 Å². The Morgan fingerprint density at radius 3 is 2.56 bits per heavy atom. The summed E-state index contributed by atoms with van der Waals surface area (Å²) in [4.78, 5) is 32.5. The molecule has 0 bridgehead atoms. The molecule has 0 unspecified atom stereocenters. The molecule has 2 N–H and O–H groups in total. The second kappa shape index (κ2) is 8.60. The summed E-state index contributed by atoms with van der Waals surface area (Å²) in [5, 5.41) is 13.7. The van der Waals surface area contributed by atoms with E-state index in [-0.39, 0.29) is 34.4 Å². The van der Waals surface area contributed by atoms with Crippen LogP contribution in [0.4, 0.5) is 11.5 Å². The molecule has 0 fully saturated rings. The number of amides is 1. The Kier molecular flexibility index (Phi) is 5.53. The molecule has 0 aliphatic carbocycles. The number of primary amides is 1. The molecular formula is C21H17N7O4. The smallest absolute Gasteiger partial charge is 0.343 e. The molecule has 0 radical (unpaired) electrons. The summed E-state index contributed by atoms with van der Waals surface area (Å²) in [6, 6.07) is 10.4. The van der Waals surface area contributed by atoms with Crippen molar-refractivity contribution < 1.29 is 19.1 Å². The quantitative estimate of drug-likeness (QED) is 0.363. The number of carbonyl (C=O) groups is 2. The highest BCUT2D eigenvalue weighted by Crippen LogP contribution is 2.40. The number of nitrogens with two attached hydrogens (primary N) is 1. The number of nitrogens with zero attached hydrogens (tertiary/aromatic N) is 6. The van der Waals surface area contributed by atoms with Crippen molar-refractivity contribution in [1.29, 1.82) is 0 Å². The van der Waals surface area contributed by atoms with Crippen molar-refractivity contribution in [2.45, 2.75) is 0 Å². The van der Waals surface area contributed by atoms with E-state index in [1.54, 1.807) is 37.4 Å². The van der Waals surface area contributed by atoms with Gasteiger partial charge < -0.3 is 15.2 Å². The third-order valence-electron chi connectivity index (χ3n) is 4.53. The normalized spacial score (nSPS) is 11.1. The van der Waals surface area contributed by atoms with Gasteiger partial charge in [-0.1, -0.05) is 24.3 Å². The molecule has 32 heavy (non-hydrogen) atoms. The number of carbonyl (C=O) groups excluding carboxylic acids is 2. The number of hydrogen-bond donors (Lipinski definition) is 1. The van der Waals surface area contributed by atoms with E-state index in [4.69, 9.17) is 15.2 Å². The highest BCUT2D eigenvalue weighted by atomic mass is 16.5. The Hall–Kier alpha value is -4.67. The molecule has 0 spiro atoms. The maximum atomic E-state index is 12.4. The second-order valence-electron chi connectivity index (χ2n) is 6.52. The number of methoxy groups -OCH3 is 1. The first-order valence-electron chi connectivity index (χ1n) is 9.32. The fourth-order valence-electron chi connectivity index (χ4n) is 3.07. The number of aromatic nitrogens is 4. The summed E-state index contributed by atoms with van der Waals surface area (Å²) < 4.78 is 11.9. The molecule has 4 rings (SSSR count). The number of fused-ring (bicyclic) bond motifs is 1. The fraction of sp³-hybridized carbons (Fsp3) is 0.0952. The van der Waals surface area contributed by atoms with Crippen molar-refractivity contribution in [2.75, 3.05) is 7.11 Å². The molecule has 2 heterocycles. The Morgan fingerprint density at radius 1 is 1.09 bits per heavy atom. The lowest BCUT2D eigenvalue weighted by atomic mass is 10.0. The number of esters is 1. The molecule has 11 nitrogen and oxygen atoms in total. The topological polar surface area (TPSA) is 147 Å². The molecule has 160 valence electrons. The average molecular weight is 431 g/mol. The largest absolute Gasteiger partial charge is 0.465 e. The van der Waals surface area contributed by atoms with Gasteiger partial charge in [-0.15, -0.1) is 10.2 Å². The Labute approximate surface area is 181 Å². The minimum atomic E-state index is -0.722. The van der Waals surface area contributed by atoms with Crippen LogP contribution in [0.5, 0.6) is 11.8 Å². The standard InChI is InChI=1S/C21H17N7O4/c1-28-19(14(11-25-28)20(30)31-2)27-26-15-10-12-6-3-4-7-13(12)16(18(22)29)17(15)32-21-23-8-5-9-24-21/h3-11H,1-2H3,(H2,22,29). The lowest BCUT2D eigenvalue weighted by Gasteiger charge is -2.13. The highest BCUT2D eigenvalue weighted by Gasteiger charge is 2.22. The van der Waals surface area contributed by atoms with Crippen LogP contribution in [0.1, 0.15) is 20.7 Å². The molecule has 2 aromatic heterocycles. The van der Waals surface area contributed by atoms with Gasteiger partial charge in [-0.05, 0) is 22.9 Å². The van der Waals surface area contributed by atoms with E-state index in [9.17, 15) is 9.59 Å². The molecule has 11 heteroatoms. The molecule has 4 aromatic rings. The van der Waals surface area contributed by atoms with E-state index in [0.29, 0.717) is 10.8 Å². The number of aryl methyl sites for hydroxylation is 1. The number of rotatable bonds is 6. The van der Waals surface area contributed by atoms with Gasteiger partial charge in [0.15, 0.2) is 11.6 Å². The molecule has 0 atom stereocenters. The van der Waals surface area contributed by atoms with Crippen LogP contribution in [0, 0.1) is 0 Å². The first-order valence-corrected chi connectivity index (χ1v) is 9.32. The zero-order chi connectivity index (χ0) is 22.7. The Morgan fingerprint density at radius 2 is 1.84 bits per heavy atom. The van der Waals surface area contributed by atoms with E-state index >= 15 is 0 Å². The van der Waals surface area contributed by atoms with Gasteiger partial charge in [-0.3, -0.25) is 4.79 Å². The monoisotopic (exact) mass is 431 g/mol. The van der Waals surface area contributed by atoms with Crippen LogP contribution < -0.4 is 10.5 Å². The van der Waals surface area contributed by atoms with E-state index in [2.05, 4.69) is 25.3 Å². The lowest BCUT2D eigenvalue weighted by Crippen LogP contribution is -2.13. The number of hydrogen-bond acceptors (Lipinski definition) is 9. The summed E-state index contributed by atoms with van der Waals surface area (Å²) >= 11 is 0. The minimum absolute atomic E-state index is 0.00230. The van der Waals surface area contributed by atoms with Gasteiger partial charge in [-0.2, -0.15) is 5.10 Å². The van der Waals surface area contributed by atoms with Gasteiger partial charge in [-0.25, -0.2) is 19.4 Å². The molecule has 0 aliphatic rings. The third-order valence-corrected chi connectivity index (χ3v) is 4.53. The predicted octanol–water partition coefficient (Wildman–Crippen LogP) is 3.46.